The van der Waals surface area contributed by atoms with Crippen LogP contribution in [0.2, 0.25) is 0 Å². The molecule has 84 valence electrons. The van der Waals surface area contributed by atoms with Crippen LogP contribution < -0.4 is 5.73 Å². The van der Waals surface area contributed by atoms with Crippen molar-refractivity contribution in [1.82, 2.24) is 0 Å². The van der Waals surface area contributed by atoms with E-state index in [1.54, 1.807) is 0 Å². The van der Waals surface area contributed by atoms with Crippen molar-refractivity contribution < 1.29 is 0 Å². The molecule has 1 aliphatic carbocycles. The van der Waals surface area contributed by atoms with Gasteiger partial charge in [-0.3, -0.25) is 0 Å². The van der Waals surface area contributed by atoms with Crippen molar-refractivity contribution in [2.24, 2.45) is 17.1 Å². The maximum atomic E-state index is 5.75. The summed E-state index contributed by atoms with van der Waals surface area (Å²) in [6, 6.07) is 0. The van der Waals surface area contributed by atoms with Gasteiger partial charge in [0.2, 0.25) is 0 Å². The Kier molecular flexibility index (Phi) is 4.94. The summed E-state index contributed by atoms with van der Waals surface area (Å²) in [7, 11) is 0. The van der Waals surface area contributed by atoms with Crippen molar-refractivity contribution in [2.45, 2.75) is 65.2 Å². The summed E-state index contributed by atoms with van der Waals surface area (Å²) in [6.07, 6.45) is 11.2. The highest BCUT2D eigenvalue weighted by Gasteiger charge is 2.41. The van der Waals surface area contributed by atoms with Gasteiger partial charge >= 0.3 is 0 Å². The first-order chi connectivity index (χ1) is 6.79. The fourth-order valence-electron chi connectivity index (χ4n) is 3.23. The number of hydrogen-bond donors (Lipinski definition) is 1. The second-order valence-electron chi connectivity index (χ2n) is 5.03. The Labute approximate surface area is 89.5 Å². The van der Waals surface area contributed by atoms with Gasteiger partial charge in [-0.1, -0.05) is 46.0 Å². The first-order valence-electron chi connectivity index (χ1n) is 6.49. The van der Waals surface area contributed by atoms with Crippen molar-refractivity contribution in [3.8, 4) is 0 Å². The van der Waals surface area contributed by atoms with Crippen molar-refractivity contribution >= 4 is 0 Å². The van der Waals surface area contributed by atoms with Crippen molar-refractivity contribution in [1.29, 1.82) is 0 Å². The quantitative estimate of drug-likeness (QED) is 0.661. The van der Waals surface area contributed by atoms with Gasteiger partial charge in [0.15, 0.2) is 0 Å². The molecular weight excluding hydrogens is 170 g/mol. The van der Waals surface area contributed by atoms with Crippen molar-refractivity contribution in [3.63, 3.8) is 0 Å². The monoisotopic (exact) mass is 197 g/mol. The van der Waals surface area contributed by atoms with Gasteiger partial charge in [-0.2, -0.15) is 0 Å². The van der Waals surface area contributed by atoms with Crippen LogP contribution in [0.1, 0.15) is 65.2 Å². The molecular formula is C13H27N. The molecule has 1 saturated carbocycles. The molecule has 1 rings (SSSR count). The fraction of sp³-hybridized carbons (Fsp3) is 1.00. The summed E-state index contributed by atoms with van der Waals surface area (Å²) < 4.78 is 0. The summed E-state index contributed by atoms with van der Waals surface area (Å²) in [5, 5.41) is 0. The Bertz CT molecular complexity index is 143. The predicted octanol–water partition coefficient (Wildman–Crippen LogP) is 3.72. The number of hydrogen-bond acceptors (Lipinski definition) is 1. The largest absolute Gasteiger partial charge is 0.330 e. The molecule has 1 nitrogen and oxygen atoms in total. The van der Waals surface area contributed by atoms with E-state index >= 15 is 0 Å². The van der Waals surface area contributed by atoms with E-state index in [4.69, 9.17) is 5.73 Å². The lowest BCUT2D eigenvalue weighted by Crippen LogP contribution is -2.39. The average Bonchev–Trinajstić information content (AvgIpc) is 2.11. The molecule has 0 atom stereocenters. The van der Waals surface area contributed by atoms with Crippen LogP contribution in [0.5, 0.6) is 0 Å². The van der Waals surface area contributed by atoms with Gasteiger partial charge in [0.25, 0.3) is 0 Å². The van der Waals surface area contributed by atoms with Gasteiger partial charge < -0.3 is 5.73 Å². The van der Waals surface area contributed by atoms with Crippen molar-refractivity contribution in [3.05, 3.63) is 0 Å². The van der Waals surface area contributed by atoms with Gasteiger partial charge in [0, 0.05) is 0 Å². The topological polar surface area (TPSA) is 26.0 Å². The zero-order valence-corrected chi connectivity index (χ0v) is 10.0. The minimum atomic E-state index is 0.667. The van der Waals surface area contributed by atoms with Crippen LogP contribution >= 0.6 is 0 Å². The minimum absolute atomic E-state index is 0.667. The summed E-state index contributed by atoms with van der Waals surface area (Å²) in [4.78, 5) is 0. The second-order valence-corrected chi connectivity index (χ2v) is 5.03. The molecule has 1 aliphatic rings. The molecule has 0 spiro atoms. The van der Waals surface area contributed by atoms with Crippen molar-refractivity contribution in [2.75, 3.05) is 6.54 Å². The number of rotatable bonds is 7. The molecule has 0 saturated heterocycles. The van der Waals surface area contributed by atoms with E-state index in [0.717, 1.165) is 12.5 Å². The molecule has 0 heterocycles. The third-order valence-corrected chi connectivity index (χ3v) is 4.13. The molecule has 0 unspecified atom stereocenters. The third kappa shape index (κ3) is 2.50. The minimum Gasteiger partial charge on any atom is -0.330 e. The van der Waals surface area contributed by atoms with E-state index in [0.29, 0.717) is 5.41 Å². The zero-order chi connectivity index (χ0) is 10.4. The fourth-order valence-corrected chi connectivity index (χ4v) is 3.23. The number of nitrogens with two attached hydrogens (primary N) is 1. The first kappa shape index (κ1) is 12.0. The highest BCUT2D eigenvalue weighted by atomic mass is 14.6. The lowest BCUT2D eigenvalue weighted by Gasteiger charge is -2.48. The van der Waals surface area contributed by atoms with Crippen LogP contribution in [0.15, 0.2) is 0 Å². The van der Waals surface area contributed by atoms with Crippen LogP contribution in [0, 0.1) is 11.3 Å². The molecule has 1 fully saturated rings. The molecule has 0 bridgehead atoms. The van der Waals surface area contributed by atoms with E-state index in [9.17, 15) is 0 Å². The lowest BCUT2D eigenvalue weighted by atomic mass is 9.57. The Morgan fingerprint density at radius 1 is 1.14 bits per heavy atom. The molecule has 2 N–H and O–H groups in total. The van der Waals surface area contributed by atoms with E-state index in [1.165, 1.54) is 51.4 Å². The molecule has 0 radical (unpaired) electrons. The molecule has 0 amide bonds. The average molecular weight is 197 g/mol. The SMILES string of the molecule is CCCC(CCC)C1(CCN)CCC1. The van der Waals surface area contributed by atoms with Crippen LogP contribution in [0.25, 0.3) is 0 Å². The Morgan fingerprint density at radius 2 is 1.71 bits per heavy atom. The zero-order valence-electron chi connectivity index (χ0n) is 10.0. The molecule has 0 aliphatic heterocycles. The lowest BCUT2D eigenvalue weighted by molar-refractivity contribution is 0.0296. The van der Waals surface area contributed by atoms with Gasteiger partial charge in [0.1, 0.15) is 0 Å². The Morgan fingerprint density at radius 3 is 2.00 bits per heavy atom. The molecule has 1 heteroatoms. The standard InChI is InChI=1S/C13H27N/c1-3-6-12(7-4-2)13(10-11-14)8-5-9-13/h12H,3-11,14H2,1-2H3. The summed E-state index contributed by atoms with van der Waals surface area (Å²) in [6.45, 7) is 5.53. The molecule has 0 aromatic carbocycles. The Hall–Kier alpha value is -0.0400. The molecule has 0 aromatic rings. The van der Waals surface area contributed by atoms with Gasteiger partial charge in [-0.15, -0.1) is 0 Å². The second kappa shape index (κ2) is 5.75. The maximum absolute atomic E-state index is 5.75. The van der Waals surface area contributed by atoms with Crippen LogP contribution in [-0.2, 0) is 0 Å². The highest BCUT2D eigenvalue weighted by Crippen LogP contribution is 2.52. The molecule has 0 aromatic heterocycles. The highest BCUT2D eigenvalue weighted by molar-refractivity contribution is 4.93. The molecule has 14 heavy (non-hydrogen) atoms. The van der Waals surface area contributed by atoms with E-state index < -0.39 is 0 Å². The van der Waals surface area contributed by atoms with Gasteiger partial charge in [0.05, 0.1) is 0 Å². The van der Waals surface area contributed by atoms with E-state index in [-0.39, 0.29) is 0 Å². The Balaban J connectivity index is 2.52. The maximum Gasteiger partial charge on any atom is -0.00719 e. The van der Waals surface area contributed by atoms with E-state index in [2.05, 4.69) is 13.8 Å². The summed E-state index contributed by atoms with van der Waals surface area (Å²) in [5.41, 5.74) is 6.42. The summed E-state index contributed by atoms with van der Waals surface area (Å²) in [5.74, 6) is 0.967. The predicted molar refractivity (Wildman–Crippen MR) is 63.3 cm³/mol. The van der Waals surface area contributed by atoms with Gasteiger partial charge in [-0.25, -0.2) is 0 Å². The third-order valence-electron chi connectivity index (χ3n) is 4.13. The van der Waals surface area contributed by atoms with Gasteiger partial charge in [-0.05, 0) is 37.1 Å². The normalized spacial score (nSPS) is 19.7. The smallest absolute Gasteiger partial charge is 0.00719 e. The van der Waals surface area contributed by atoms with Crippen LogP contribution in [0.4, 0.5) is 0 Å². The van der Waals surface area contributed by atoms with Crippen LogP contribution in [-0.4, -0.2) is 6.54 Å². The van der Waals surface area contributed by atoms with E-state index in [1.807, 2.05) is 0 Å². The summed E-state index contributed by atoms with van der Waals surface area (Å²) >= 11 is 0. The first-order valence-corrected chi connectivity index (χ1v) is 6.49. The van der Waals surface area contributed by atoms with Crippen LogP contribution in [0.3, 0.4) is 0 Å².